The van der Waals surface area contributed by atoms with Gasteiger partial charge in [0.2, 0.25) is 0 Å². The molecule has 0 bridgehead atoms. The highest BCUT2D eigenvalue weighted by atomic mass is 35.5. The average Bonchev–Trinajstić information content (AvgIpc) is 2.94. The van der Waals surface area contributed by atoms with E-state index in [9.17, 15) is 4.79 Å². The van der Waals surface area contributed by atoms with Gasteiger partial charge in [-0.15, -0.1) is 0 Å². The van der Waals surface area contributed by atoms with Crippen molar-refractivity contribution in [1.29, 1.82) is 0 Å². The maximum Gasteiger partial charge on any atom is 0.319 e. The summed E-state index contributed by atoms with van der Waals surface area (Å²) in [4.78, 5) is 15.6. The highest BCUT2D eigenvalue weighted by Gasteiger charge is 2.05. The third kappa shape index (κ3) is 3.89. The zero-order chi connectivity index (χ0) is 14.4. The number of methoxy groups -OCH3 is 1. The van der Waals surface area contributed by atoms with E-state index in [1.54, 1.807) is 30.7 Å². The maximum absolute atomic E-state index is 11.7. The molecule has 0 fully saturated rings. The van der Waals surface area contributed by atoms with Gasteiger partial charge in [0.1, 0.15) is 5.75 Å². The number of anilines is 1. The van der Waals surface area contributed by atoms with Crippen LogP contribution < -0.4 is 15.4 Å². The Labute approximate surface area is 121 Å². The van der Waals surface area contributed by atoms with Gasteiger partial charge >= 0.3 is 6.03 Å². The number of ether oxygens (including phenoxy) is 1. The summed E-state index contributed by atoms with van der Waals surface area (Å²) in [6.45, 7) is 1.17. The topological polar surface area (TPSA) is 68.2 Å². The quantitative estimate of drug-likeness (QED) is 0.889. The molecule has 1 heterocycles. The number of aromatic nitrogens is 2. The lowest BCUT2D eigenvalue weighted by molar-refractivity contribution is 0.251. The van der Waals surface area contributed by atoms with Crippen LogP contribution in [0.2, 0.25) is 5.02 Å². The highest BCUT2D eigenvalue weighted by molar-refractivity contribution is 6.32. The molecule has 2 N–H and O–H groups in total. The van der Waals surface area contributed by atoms with Gasteiger partial charge in [-0.1, -0.05) is 11.6 Å². The van der Waals surface area contributed by atoms with E-state index >= 15 is 0 Å². The molecule has 0 spiro atoms. The van der Waals surface area contributed by atoms with Gasteiger partial charge in [-0.05, 0) is 12.1 Å². The van der Waals surface area contributed by atoms with Crippen LogP contribution in [0, 0.1) is 0 Å². The number of benzene rings is 1. The molecule has 2 aromatic rings. The van der Waals surface area contributed by atoms with E-state index in [-0.39, 0.29) is 6.03 Å². The van der Waals surface area contributed by atoms with Crippen molar-refractivity contribution in [2.75, 3.05) is 19.0 Å². The van der Waals surface area contributed by atoms with Crippen molar-refractivity contribution in [3.63, 3.8) is 0 Å². The largest absolute Gasteiger partial charge is 0.495 e. The first-order valence-electron chi connectivity index (χ1n) is 6.03. The van der Waals surface area contributed by atoms with Gasteiger partial charge < -0.3 is 19.9 Å². The normalized spacial score (nSPS) is 10.1. The molecule has 2 amide bonds. The fourth-order valence-corrected chi connectivity index (χ4v) is 1.83. The standard InChI is InChI=1S/C13H15ClN4O2/c1-20-12-8-10(2-3-11(12)14)17-13(19)16-5-7-18-6-4-15-9-18/h2-4,6,8-9H,5,7H2,1H3,(H2,16,17,19). The molecule has 0 aliphatic carbocycles. The molecule has 0 atom stereocenters. The molecule has 7 heteroatoms. The number of carbonyl (C=O) groups is 1. The first-order valence-corrected chi connectivity index (χ1v) is 6.41. The zero-order valence-electron chi connectivity index (χ0n) is 11.0. The minimum atomic E-state index is -0.283. The van der Waals surface area contributed by atoms with Crippen LogP contribution in [0.3, 0.4) is 0 Å². The van der Waals surface area contributed by atoms with Crippen LogP contribution in [0.4, 0.5) is 10.5 Å². The summed E-state index contributed by atoms with van der Waals surface area (Å²) in [6.07, 6.45) is 5.23. The van der Waals surface area contributed by atoms with Gasteiger partial charge in [0.15, 0.2) is 0 Å². The molecule has 0 unspecified atom stereocenters. The SMILES string of the molecule is COc1cc(NC(=O)NCCn2ccnc2)ccc1Cl. The fourth-order valence-electron chi connectivity index (χ4n) is 1.63. The van der Waals surface area contributed by atoms with Gasteiger partial charge in [-0.2, -0.15) is 0 Å². The van der Waals surface area contributed by atoms with E-state index in [2.05, 4.69) is 15.6 Å². The summed E-state index contributed by atoms with van der Waals surface area (Å²) in [6, 6.07) is 4.76. The zero-order valence-corrected chi connectivity index (χ0v) is 11.7. The molecule has 20 heavy (non-hydrogen) atoms. The molecule has 106 valence electrons. The molecule has 2 rings (SSSR count). The van der Waals surface area contributed by atoms with Crippen LogP contribution in [-0.4, -0.2) is 29.2 Å². The van der Waals surface area contributed by atoms with Gasteiger partial charge in [0, 0.05) is 37.2 Å². The van der Waals surface area contributed by atoms with Crippen LogP contribution in [0.15, 0.2) is 36.9 Å². The van der Waals surface area contributed by atoms with E-state index < -0.39 is 0 Å². The van der Waals surface area contributed by atoms with Crippen molar-refractivity contribution < 1.29 is 9.53 Å². The Morgan fingerprint density at radius 2 is 2.35 bits per heavy atom. The molecular weight excluding hydrogens is 280 g/mol. The molecule has 0 aliphatic rings. The number of imidazole rings is 1. The van der Waals surface area contributed by atoms with Crippen molar-refractivity contribution in [1.82, 2.24) is 14.9 Å². The number of halogens is 1. The summed E-state index contributed by atoms with van der Waals surface area (Å²) in [5.41, 5.74) is 0.617. The summed E-state index contributed by atoms with van der Waals surface area (Å²) in [5, 5.41) is 5.96. The van der Waals surface area contributed by atoms with E-state index in [0.29, 0.717) is 29.5 Å². The van der Waals surface area contributed by atoms with Crippen LogP contribution in [-0.2, 0) is 6.54 Å². The molecule has 0 radical (unpaired) electrons. The number of urea groups is 1. The molecule has 1 aromatic heterocycles. The Kier molecular flexibility index (Phi) is 4.84. The molecule has 0 aliphatic heterocycles. The predicted molar refractivity (Wildman–Crippen MR) is 77.3 cm³/mol. The number of rotatable bonds is 5. The van der Waals surface area contributed by atoms with Crippen molar-refractivity contribution in [3.8, 4) is 5.75 Å². The van der Waals surface area contributed by atoms with E-state index in [1.807, 2.05) is 10.8 Å². The summed E-state index contributed by atoms with van der Waals surface area (Å²) >= 11 is 5.91. The predicted octanol–water partition coefficient (Wildman–Crippen LogP) is 2.37. The Hall–Kier alpha value is -2.21. The number of nitrogens with one attached hydrogen (secondary N) is 2. The third-order valence-electron chi connectivity index (χ3n) is 2.62. The number of nitrogens with zero attached hydrogens (tertiary/aromatic N) is 2. The third-order valence-corrected chi connectivity index (χ3v) is 2.94. The number of carbonyl (C=O) groups excluding carboxylic acids is 1. The second-order valence-electron chi connectivity index (χ2n) is 4.03. The molecule has 1 aromatic carbocycles. The summed E-state index contributed by atoms with van der Waals surface area (Å²) < 4.78 is 6.96. The number of hydrogen-bond donors (Lipinski definition) is 2. The lowest BCUT2D eigenvalue weighted by Gasteiger charge is -2.10. The number of hydrogen-bond acceptors (Lipinski definition) is 3. The van der Waals surface area contributed by atoms with Crippen LogP contribution in [0.25, 0.3) is 0 Å². The monoisotopic (exact) mass is 294 g/mol. The number of amides is 2. The summed E-state index contributed by atoms with van der Waals surface area (Å²) in [5.74, 6) is 0.517. The summed E-state index contributed by atoms with van der Waals surface area (Å²) in [7, 11) is 1.52. The lowest BCUT2D eigenvalue weighted by atomic mass is 10.3. The van der Waals surface area contributed by atoms with Gasteiger partial charge in [0.05, 0.1) is 18.5 Å². The Morgan fingerprint density at radius 1 is 1.50 bits per heavy atom. The molecule has 0 saturated heterocycles. The Balaban J connectivity index is 1.82. The maximum atomic E-state index is 11.7. The fraction of sp³-hybridized carbons (Fsp3) is 0.231. The van der Waals surface area contributed by atoms with E-state index in [4.69, 9.17) is 16.3 Å². The van der Waals surface area contributed by atoms with Crippen molar-refractivity contribution in [2.24, 2.45) is 0 Å². The first-order chi connectivity index (χ1) is 9.69. The van der Waals surface area contributed by atoms with Gasteiger partial charge in [-0.25, -0.2) is 9.78 Å². The van der Waals surface area contributed by atoms with Crippen molar-refractivity contribution in [2.45, 2.75) is 6.54 Å². The second kappa shape index (κ2) is 6.81. The van der Waals surface area contributed by atoms with E-state index in [1.165, 1.54) is 7.11 Å². The minimum Gasteiger partial charge on any atom is -0.495 e. The second-order valence-corrected chi connectivity index (χ2v) is 4.44. The first kappa shape index (κ1) is 14.2. The van der Waals surface area contributed by atoms with Crippen molar-refractivity contribution in [3.05, 3.63) is 41.9 Å². The smallest absolute Gasteiger partial charge is 0.319 e. The van der Waals surface area contributed by atoms with Crippen LogP contribution in [0.1, 0.15) is 0 Å². The van der Waals surface area contributed by atoms with Crippen LogP contribution in [0.5, 0.6) is 5.75 Å². The molecular formula is C13H15ClN4O2. The highest BCUT2D eigenvalue weighted by Crippen LogP contribution is 2.27. The van der Waals surface area contributed by atoms with Gasteiger partial charge in [0.25, 0.3) is 0 Å². The Morgan fingerprint density at radius 3 is 3.05 bits per heavy atom. The van der Waals surface area contributed by atoms with E-state index in [0.717, 1.165) is 0 Å². The lowest BCUT2D eigenvalue weighted by Crippen LogP contribution is -2.31. The van der Waals surface area contributed by atoms with Gasteiger partial charge in [-0.3, -0.25) is 0 Å². The Bertz CT molecular complexity index is 572. The molecule has 0 saturated carbocycles. The average molecular weight is 295 g/mol. The molecule has 6 nitrogen and oxygen atoms in total. The minimum absolute atomic E-state index is 0.283. The van der Waals surface area contributed by atoms with Crippen LogP contribution >= 0.6 is 11.6 Å². The van der Waals surface area contributed by atoms with Crippen molar-refractivity contribution >= 4 is 23.3 Å².